The highest BCUT2D eigenvalue weighted by molar-refractivity contribution is 5.88. The first-order valence-electron chi connectivity index (χ1n) is 10.4. The van der Waals surface area contributed by atoms with Crippen LogP contribution in [0.1, 0.15) is 78.1 Å². The Kier molecular flexibility index (Phi) is 8.54. The topological polar surface area (TPSA) is 95.9 Å². The Labute approximate surface area is 161 Å². The average Bonchev–Trinajstić information content (AvgIpc) is 3.24. The number of nitrogens with one attached hydrogen (secondary N) is 1. The van der Waals surface area contributed by atoms with Crippen LogP contribution in [0.3, 0.4) is 0 Å². The average molecular weight is 383 g/mol. The number of carboxylic acids is 1. The lowest BCUT2D eigenvalue weighted by molar-refractivity contribution is -0.149. The fourth-order valence-corrected chi connectivity index (χ4v) is 4.03. The van der Waals surface area contributed by atoms with Gasteiger partial charge in [0.25, 0.3) is 0 Å². The van der Waals surface area contributed by atoms with Gasteiger partial charge in [-0.15, -0.1) is 0 Å². The largest absolute Gasteiger partial charge is 0.480 e. The van der Waals surface area contributed by atoms with Crippen molar-refractivity contribution in [2.45, 2.75) is 102 Å². The van der Waals surface area contributed by atoms with Crippen LogP contribution in [0.15, 0.2) is 0 Å². The molecule has 2 aliphatic rings. The van der Waals surface area contributed by atoms with Gasteiger partial charge in [-0.2, -0.15) is 0 Å². The molecule has 2 saturated heterocycles. The molecular weight excluding hydrogens is 348 g/mol. The molecule has 27 heavy (non-hydrogen) atoms. The van der Waals surface area contributed by atoms with Gasteiger partial charge in [0.1, 0.15) is 18.2 Å². The minimum Gasteiger partial charge on any atom is -0.480 e. The van der Waals surface area contributed by atoms with E-state index in [1.54, 1.807) is 6.92 Å². The summed E-state index contributed by atoms with van der Waals surface area (Å²) in [6, 6.07) is -1.84. The number of likely N-dealkylation sites (tertiary alicyclic amines) is 1. The number of unbranched alkanes of at least 4 members (excludes halogenated alkanes) is 5. The molecule has 0 aromatic rings. The molecule has 0 aromatic carbocycles. The number of carbonyl (C=O) groups excluding carboxylic acids is 2. The second-order valence-corrected chi connectivity index (χ2v) is 7.82. The van der Waals surface area contributed by atoms with Crippen molar-refractivity contribution in [3.05, 3.63) is 0 Å². The van der Waals surface area contributed by atoms with E-state index >= 15 is 0 Å². The maximum absolute atomic E-state index is 12.6. The molecule has 2 heterocycles. The van der Waals surface area contributed by atoms with Crippen LogP contribution in [-0.4, -0.2) is 58.6 Å². The van der Waals surface area contributed by atoms with Gasteiger partial charge in [0.05, 0.1) is 6.04 Å². The number of carbonyl (C=O) groups is 3. The Balaban J connectivity index is 1.74. The van der Waals surface area contributed by atoms with Crippen LogP contribution >= 0.6 is 0 Å². The van der Waals surface area contributed by atoms with Crippen LogP contribution in [0.2, 0.25) is 0 Å². The van der Waals surface area contributed by atoms with Crippen molar-refractivity contribution in [3.8, 4) is 0 Å². The van der Waals surface area contributed by atoms with E-state index in [4.69, 9.17) is 4.74 Å². The van der Waals surface area contributed by atoms with E-state index in [-0.39, 0.29) is 18.0 Å². The van der Waals surface area contributed by atoms with E-state index in [0.29, 0.717) is 25.8 Å². The minimum atomic E-state index is -0.965. The Morgan fingerprint density at radius 2 is 1.96 bits per heavy atom. The van der Waals surface area contributed by atoms with Crippen LogP contribution < -0.4 is 5.32 Å². The summed E-state index contributed by atoms with van der Waals surface area (Å²) in [6.45, 7) is 4.34. The predicted octanol–water partition coefficient (Wildman–Crippen LogP) is 2.47. The van der Waals surface area contributed by atoms with Gasteiger partial charge in [-0.25, -0.2) is 4.79 Å². The van der Waals surface area contributed by atoms with Gasteiger partial charge in [-0.1, -0.05) is 39.0 Å². The molecule has 154 valence electrons. The van der Waals surface area contributed by atoms with E-state index < -0.39 is 24.1 Å². The first-order valence-corrected chi connectivity index (χ1v) is 10.4. The van der Waals surface area contributed by atoms with Crippen LogP contribution in [0, 0.1) is 0 Å². The lowest BCUT2D eigenvalue weighted by atomic mass is 10.0. The summed E-state index contributed by atoms with van der Waals surface area (Å²) < 4.78 is 5.45. The molecule has 0 radical (unpaired) electrons. The second-order valence-electron chi connectivity index (χ2n) is 7.82. The maximum atomic E-state index is 12.6. The van der Waals surface area contributed by atoms with Gasteiger partial charge in [0.2, 0.25) is 5.91 Å². The number of aliphatic carboxylic acids is 1. The Bertz CT molecular complexity index is 525. The number of hydrogen-bond donors (Lipinski definition) is 2. The molecule has 0 bridgehead atoms. The molecule has 2 aliphatic heterocycles. The summed E-state index contributed by atoms with van der Waals surface area (Å²) >= 11 is 0. The summed E-state index contributed by atoms with van der Waals surface area (Å²) in [6.07, 6.45) is 9.75. The molecule has 2 rings (SSSR count). The van der Waals surface area contributed by atoms with Gasteiger partial charge in [-0.3, -0.25) is 14.9 Å². The van der Waals surface area contributed by atoms with E-state index in [1.807, 2.05) is 0 Å². The van der Waals surface area contributed by atoms with Crippen LogP contribution in [0.25, 0.3) is 0 Å². The third kappa shape index (κ3) is 6.19. The Morgan fingerprint density at radius 3 is 2.67 bits per heavy atom. The minimum absolute atomic E-state index is 0.0815. The lowest BCUT2D eigenvalue weighted by Gasteiger charge is -2.26. The molecule has 2 unspecified atom stereocenters. The number of amides is 1. The highest BCUT2D eigenvalue weighted by Gasteiger charge is 2.39. The SMILES string of the molecule is CCCCCCCCC1CC(N[C@@H](C)C(=O)N2CCC[C@H]2C(=O)O)C(=O)O1. The van der Waals surface area contributed by atoms with Crippen molar-refractivity contribution in [1.29, 1.82) is 0 Å². The Hall–Kier alpha value is -1.63. The standard InChI is InChI=1S/C20H34N2O5/c1-3-4-5-6-7-8-10-15-13-16(20(26)27-15)21-14(2)18(23)22-12-9-11-17(22)19(24)25/h14-17,21H,3-13H2,1-2H3,(H,24,25)/t14-,15?,16?,17-/m0/s1. The van der Waals surface area contributed by atoms with Crippen LogP contribution in [-0.2, 0) is 19.1 Å². The van der Waals surface area contributed by atoms with E-state index in [1.165, 1.54) is 30.6 Å². The van der Waals surface area contributed by atoms with Gasteiger partial charge in [0.15, 0.2) is 0 Å². The normalized spacial score (nSPS) is 26.2. The molecule has 0 saturated carbocycles. The first kappa shape index (κ1) is 21.7. The highest BCUT2D eigenvalue weighted by Crippen LogP contribution is 2.23. The molecule has 2 fully saturated rings. The maximum Gasteiger partial charge on any atom is 0.326 e. The van der Waals surface area contributed by atoms with Crippen molar-refractivity contribution < 1.29 is 24.2 Å². The summed E-state index contributed by atoms with van der Waals surface area (Å²) in [5.41, 5.74) is 0. The van der Waals surface area contributed by atoms with Crippen LogP contribution in [0.4, 0.5) is 0 Å². The Morgan fingerprint density at radius 1 is 1.26 bits per heavy atom. The van der Waals surface area contributed by atoms with Crippen molar-refractivity contribution in [2.75, 3.05) is 6.54 Å². The number of cyclic esters (lactones) is 1. The summed E-state index contributed by atoms with van der Waals surface area (Å²) in [5.74, 6) is -1.53. The fourth-order valence-electron chi connectivity index (χ4n) is 4.03. The van der Waals surface area contributed by atoms with Gasteiger partial charge in [0, 0.05) is 13.0 Å². The number of ether oxygens (including phenoxy) is 1. The number of esters is 1. The first-order chi connectivity index (χ1) is 12.9. The zero-order valence-corrected chi connectivity index (χ0v) is 16.6. The predicted molar refractivity (Wildman–Crippen MR) is 101 cm³/mol. The van der Waals surface area contributed by atoms with Crippen molar-refractivity contribution in [3.63, 3.8) is 0 Å². The molecule has 7 heteroatoms. The molecule has 0 spiro atoms. The van der Waals surface area contributed by atoms with Crippen molar-refractivity contribution in [2.24, 2.45) is 0 Å². The summed E-state index contributed by atoms with van der Waals surface area (Å²) in [5, 5.41) is 12.3. The molecule has 0 aromatic heterocycles. The number of rotatable bonds is 11. The molecule has 1 amide bonds. The van der Waals surface area contributed by atoms with E-state index in [0.717, 1.165) is 19.3 Å². The zero-order chi connectivity index (χ0) is 19.8. The fraction of sp³-hybridized carbons (Fsp3) is 0.850. The highest BCUT2D eigenvalue weighted by atomic mass is 16.6. The zero-order valence-electron chi connectivity index (χ0n) is 16.6. The van der Waals surface area contributed by atoms with Gasteiger partial charge < -0.3 is 14.7 Å². The second kappa shape index (κ2) is 10.6. The monoisotopic (exact) mass is 382 g/mol. The molecular formula is C20H34N2O5. The third-order valence-electron chi connectivity index (χ3n) is 5.59. The third-order valence-corrected chi connectivity index (χ3v) is 5.59. The lowest BCUT2D eigenvalue weighted by Crippen LogP contribution is -2.52. The van der Waals surface area contributed by atoms with E-state index in [2.05, 4.69) is 12.2 Å². The number of carboxylic acid groups (broad SMARTS) is 1. The smallest absolute Gasteiger partial charge is 0.326 e. The van der Waals surface area contributed by atoms with Gasteiger partial charge >= 0.3 is 11.9 Å². The van der Waals surface area contributed by atoms with Crippen molar-refractivity contribution >= 4 is 17.8 Å². The molecule has 0 aliphatic carbocycles. The van der Waals surface area contributed by atoms with E-state index in [9.17, 15) is 19.5 Å². The van der Waals surface area contributed by atoms with Crippen molar-refractivity contribution in [1.82, 2.24) is 10.2 Å². The van der Waals surface area contributed by atoms with Gasteiger partial charge in [-0.05, 0) is 32.6 Å². The quantitative estimate of drug-likeness (QED) is 0.421. The number of hydrogen-bond acceptors (Lipinski definition) is 5. The summed E-state index contributed by atoms with van der Waals surface area (Å²) in [4.78, 5) is 37.4. The molecule has 2 N–H and O–H groups in total. The number of nitrogens with zero attached hydrogens (tertiary/aromatic N) is 1. The summed E-state index contributed by atoms with van der Waals surface area (Å²) in [7, 11) is 0. The molecule has 4 atom stereocenters. The molecule has 7 nitrogen and oxygen atoms in total. The van der Waals surface area contributed by atoms with Crippen LogP contribution in [0.5, 0.6) is 0 Å².